The molecular formula is C15H29IN6O2S. The minimum Gasteiger partial charge on any atom is -0.356 e. The van der Waals surface area contributed by atoms with Crippen LogP contribution in [0.5, 0.6) is 0 Å². The molecule has 1 aromatic rings. The lowest BCUT2D eigenvalue weighted by Crippen LogP contribution is -2.41. The molecule has 2 rings (SSSR count). The van der Waals surface area contributed by atoms with Crippen LogP contribution in [0.4, 0.5) is 0 Å². The first kappa shape index (κ1) is 22.2. The van der Waals surface area contributed by atoms with Crippen molar-refractivity contribution in [2.75, 3.05) is 39.0 Å². The van der Waals surface area contributed by atoms with E-state index in [-0.39, 0.29) is 29.7 Å². The first-order valence-electron chi connectivity index (χ1n) is 8.36. The Morgan fingerprint density at radius 3 is 2.80 bits per heavy atom. The van der Waals surface area contributed by atoms with E-state index < -0.39 is 10.0 Å². The van der Waals surface area contributed by atoms with Gasteiger partial charge in [0.2, 0.25) is 10.0 Å². The fourth-order valence-corrected chi connectivity index (χ4v) is 3.49. The number of hydrogen-bond donors (Lipinski definition) is 2. The van der Waals surface area contributed by atoms with Crippen molar-refractivity contribution in [1.29, 1.82) is 0 Å². The zero-order valence-electron chi connectivity index (χ0n) is 15.1. The van der Waals surface area contributed by atoms with Crippen molar-refractivity contribution in [3.63, 3.8) is 0 Å². The second kappa shape index (κ2) is 10.3. The predicted octanol–water partition coefficient (Wildman–Crippen LogP) is 0.732. The number of aliphatic imine (C=N–C) groups is 1. The molecule has 0 aliphatic carbocycles. The van der Waals surface area contributed by atoms with Gasteiger partial charge in [-0.25, -0.2) is 13.1 Å². The van der Waals surface area contributed by atoms with Crippen LogP contribution in [0.25, 0.3) is 0 Å². The summed E-state index contributed by atoms with van der Waals surface area (Å²) in [5.41, 5.74) is 1.27. The number of likely N-dealkylation sites (tertiary alicyclic amines) is 1. The molecule has 1 unspecified atom stereocenters. The van der Waals surface area contributed by atoms with Gasteiger partial charge in [-0.05, 0) is 25.3 Å². The third-order valence-electron chi connectivity index (χ3n) is 4.23. The first-order valence-corrected chi connectivity index (χ1v) is 10.0. The number of sulfonamides is 1. The maximum atomic E-state index is 11.4. The summed E-state index contributed by atoms with van der Waals surface area (Å²) in [4.78, 5) is 6.58. The van der Waals surface area contributed by atoms with Crippen LogP contribution in [0.2, 0.25) is 0 Å². The summed E-state index contributed by atoms with van der Waals surface area (Å²) < 4.78 is 27.1. The molecule has 0 radical (unpaired) electrons. The topological polar surface area (TPSA) is 91.6 Å². The van der Waals surface area contributed by atoms with Crippen LogP contribution in [-0.2, 0) is 17.1 Å². The quantitative estimate of drug-likeness (QED) is 0.258. The minimum absolute atomic E-state index is 0. The number of rotatable bonds is 7. The van der Waals surface area contributed by atoms with Crippen molar-refractivity contribution in [3.8, 4) is 0 Å². The van der Waals surface area contributed by atoms with Gasteiger partial charge in [-0.2, -0.15) is 5.10 Å². The van der Waals surface area contributed by atoms with E-state index in [2.05, 4.69) is 31.2 Å². The molecule has 1 aromatic heterocycles. The zero-order valence-corrected chi connectivity index (χ0v) is 18.3. The molecule has 1 saturated heterocycles. The van der Waals surface area contributed by atoms with E-state index in [4.69, 9.17) is 0 Å². The highest BCUT2D eigenvalue weighted by Crippen LogP contribution is 2.26. The van der Waals surface area contributed by atoms with Gasteiger partial charge in [-0.1, -0.05) is 0 Å². The summed E-state index contributed by atoms with van der Waals surface area (Å²) in [6.07, 6.45) is 5.81. The average Bonchev–Trinajstić information content (AvgIpc) is 3.20. The third-order valence-corrected chi connectivity index (χ3v) is 5.64. The maximum absolute atomic E-state index is 11.4. The Hall–Kier alpha value is -0.880. The van der Waals surface area contributed by atoms with Crippen LogP contribution < -0.4 is 10.0 Å². The average molecular weight is 484 g/mol. The lowest BCUT2D eigenvalue weighted by atomic mass is 10.0. The highest BCUT2D eigenvalue weighted by molar-refractivity contribution is 14.0. The van der Waals surface area contributed by atoms with E-state index in [9.17, 15) is 8.42 Å². The van der Waals surface area contributed by atoms with Gasteiger partial charge in [0.1, 0.15) is 0 Å². The molecule has 25 heavy (non-hydrogen) atoms. The molecule has 2 N–H and O–H groups in total. The summed E-state index contributed by atoms with van der Waals surface area (Å²) in [5, 5.41) is 7.56. The second-order valence-electron chi connectivity index (χ2n) is 6.00. The van der Waals surface area contributed by atoms with Crippen molar-refractivity contribution in [2.24, 2.45) is 12.0 Å². The lowest BCUT2D eigenvalue weighted by Gasteiger charge is -2.21. The van der Waals surface area contributed by atoms with Gasteiger partial charge in [0.15, 0.2) is 5.96 Å². The van der Waals surface area contributed by atoms with Crippen molar-refractivity contribution >= 4 is 40.0 Å². The van der Waals surface area contributed by atoms with Gasteiger partial charge in [-0.15, -0.1) is 24.0 Å². The molecule has 0 spiro atoms. The molecule has 0 aromatic carbocycles. The molecule has 1 aliphatic heterocycles. The molecule has 1 fully saturated rings. The molecule has 1 atom stereocenters. The van der Waals surface area contributed by atoms with Crippen LogP contribution in [0, 0.1) is 0 Å². The molecule has 0 saturated carbocycles. The van der Waals surface area contributed by atoms with E-state index in [1.165, 1.54) is 5.56 Å². The number of guanidine groups is 1. The molecular weight excluding hydrogens is 455 g/mol. The van der Waals surface area contributed by atoms with Gasteiger partial charge >= 0.3 is 0 Å². The molecule has 8 nitrogen and oxygen atoms in total. The normalized spacial score (nSPS) is 18.3. The molecule has 144 valence electrons. The number of nitrogens with one attached hydrogen (secondary N) is 2. The Morgan fingerprint density at radius 1 is 1.44 bits per heavy atom. The smallest absolute Gasteiger partial charge is 0.211 e. The summed E-state index contributed by atoms with van der Waals surface area (Å²) in [6.45, 7) is 4.65. The van der Waals surface area contributed by atoms with E-state index >= 15 is 0 Å². The van der Waals surface area contributed by atoms with Crippen molar-refractivity contribution in [2.45, 2.75) is 25.7 Å². The number of halogens is 1. The van der Waals surface area contributed by atoms with Crippen molar-refractivity contribution in [3.05, 3.63) is 18.0 Å². The number of aryl methyl sites for hydroxylation is 1. The van der Waals surface area contributed by atoms with Crippen molar-refractivity contribution < 1.29 is 8.42 Å². The van der Waals surface area contributed by atoms with Crippen LogP contribution in [0.3, 0.4) is 0 Å². The summed E-state index contributed by atoms with van der Waals surface area (Å²) in [7, 11) is 0.608. The van der Waals surface area contributed by atoms with Crippen LogP contribution in [0.1, 0.15) is 31.2 Å². The lowest BCUT2D eigenvalue weighted by molar-refractivity contribution is 0.484. The fourth-order valence-electron chi connectivity index (χ4n) is 2.83. The monoisotopic (exact) mass is 484 g/mol. The SMILES string of the molecule is CCS(=O)(=O)NCCCNC(=NC)N1CCC(c2cnn(C)c2)C1.I. The maximum Gasteiger partial charge on any atom is 0.211 e. The summed E-state index contributed by atoms with van der Waals surface area (Å²) in [6, 6.07) is 0. The van der Waals surface area contributed by atoms with Gasteiger partial charge in [0, 0.05) is 52.4 Å². The van der Waals surface area contributed by atoms with E-state index in [0.717, 1.165) is 31.9 Å². The Morgan fingerprint density at radius 2 is 2.20 bits per heavy atom. The van der Waals surface area contributed by atoms with E-state index in [0.29, 0.717) is 19.0 Å². The highest BCUT2D eigenvalue weighted by Gasteiger charge is 2.26. The van der Waals surface area contributed by atoms with Gasteiger partial charge < -0.3 is 10.2 Å². The Kier molecular flexibility index (Phi) is 9.14. The molecule has 1 aliphatic rings. The largest absolute Gasteiger partial charge is 0.356 e. The fraction of sp³-hybridized carbons (Fsp3) is 0.733. The first-order chi connectivity index (χ1) is 11.4. The van der Waals surface area contributed by atoms with Crippen LogP contribution in [0.15, 0.2) is 17.4 Å². The second-order valence-corrected chi connectivity index (χ2v) is 8.10. The van der Waals surface area contributed by atoms with Gasteiger partial charge in [0.25, 0.3) is 0 Å². The van der Waals surface area contributed by atoms with Crippen LogP contribution >= 0.6 is 24.0 Å². The molecule has 2 heterocycles. The molecule has 10 heteroatoms. The van der Waals surface area contributed by atoms with Gasteiger partial charge in [-0.3, -0.25) is 9.67 Å². The number of aromatic nitrogens is 2. The third kappa shape index (κ3) is 6.74. The Labute approximate surface area is 167 Å². The summed E-state index contributed by atoms with van der Waals surface area (Å²) in [5.74, 6) is 1.47. The van der Waals surface area contributed by atoms with Crippen LogP contribution in [-0.4, -0.2) is 68.0 Å². The molecule has 0 amide bonds. The summed E-state index contributed by atoms with van der Waals surface area (Å²) >= 11 is 0. The van der Waals surface area contributed by atoms with Crippen molar-refractivity contribution in [1.82, 2.24) is 24.7 Å². The minimum atomic E-state index is -3.10. The van der Waals surface area contributed by atoms with E-state index in [1.54, 1.807) is 14.0 Å². The zero-order chi connectivity index (χ0) is 17.6. The number of nitrogens with zero attached hydrogens (tertiary/aromatic N) is 4. The molecule has 0 bridgehead atoms. The predicted molar refractivity (Wildman–Crippen MR) is 111 cm³/mol. The van der Waals surface area contributed by atoms with E-state index in [1.807, 2.05) is 17.9 Å². The van der Waals surface area contributed by atoms with Gasteiger partial charge in [0.05, 0.1) is 11.9 Å². The standard InChI is InChI=1S/C15H28N6O2S.HI/c1-4-24(22,23)19-8-5-7-17-15(16-2)21-9-6-13(12-21)14-10-18-20(3)11-14;/h10-11,13,19H,4-9,12H2,1-3H3,(H,16,17);1H. The Balaban J connectivity index is 0.00000312. The number of hydrogen-bond acceptors (Lipinski definition) is 4. The Bertz CT molecular complexity index is 661. The highest BCUT2D eigenvalue weighted by atomic mass is 127.